The van der Waals surface area contributed by atoms with Crippen LogP contribution in [0, 0.1) is 0 Å². The highest BCUT2D eigenvalue weighted by Crippen LogP contribution is 2.41. The number of hydrogen-bond acceptors (Lipinski definition) is 12. The molecule has 0 radical (unpaired) electrons. The number of halogens is 9. The molecule has 0 aliphatic carbocycles. The van der Waals surface area contributed by atoms with Crippen molar-refractivity contribution in [2.45, 2.75) is 37.8 Å². The normalized spacial score (nSPS) is 17.8. The Balaban J connectivity index is 0.000000161. The van der Waals surface area contributed by atoms with Crippen molar-refractivity contribution in [2.75, 3.05) is 93.2 Å². The van der Waals surface area contributed by atoms with E-state index in [1.807, 2.05) is 133 Å². The number of rotatable bonds is 15. The Kier molecular flexibility index (Phi) is 25.5. The Morgan fingerprint density at radius 1 is 0.407 bits per heavy atom. The van der Waals surface area contributed by atoms with Gasteiger partial charge in [-0.15, -0.1) is 0 Å². The zero-order valence-electron chi connectivity index (χ0n) is 48.7. The van der Waals surface area contributed by atoms with Gasteiger partial charge in [0.25, 0.3) is 0 Å². The number of piperazine rings is 3. The number of aromatic nitrogens is 3. The lowest BCUT2D eigenvalue weighted by molar-refractivity contribution is 0.0913. The van der Waals surface area contributed by atoms with E-state index in [1.54, 1.807) is 67.5 Å². The molecule has 0 amide bonds. The monoisotopic (exact) mass is 1400 g/mol. The van der Waals surface area contributed by atoms with Crippen molar-refractivity contribution >= 4 is 127 Å². The number of aliphatic hydroxyl groups is 2. The molecule has 91 heavy (non-hydrogen) atoms. The predicted molar refractivity (Wildman–Crippen MR) is 377 cm³/mol. The van der Waals surface area contributed by atoms with Crippen LogP contribution in [0.4, 0.5) is 17.1 Å². The first-order chi connectivity index (χ1) is 43.5. The van der Waals surface area contributed by atoms with E-state index in [4.69, 9.17) is 104 Å². The number of ketones is 1. The maximum absolute atomic E-state index is 12.7. The van der Waals surface area contributed by atoms with Gasteiger partial charge in [-0.3, -0.25) is 34.4 Å². The molecule has 0 spiro atoms. The zero-order chi connectivity index (χ0) is 63.3. The third-order valence-corrected chi connectivity index (χ3v) is 18.5. The highest BCUT2D eigenvalue weighted by Gasteiger charge is 2.34. The molecule has 9 aromatic rings. The van der Waals surface area contributed by atoms with Crippen molar-refractivity contribution in [3.63, 3.8) is 0 Å². The molecule has 3 aromatic heterocycles. The summed E-state index contributed by atoms with van der Waals surface area (Å²) in [6.45, 7) is 8.24. The fourth-order valence-electron chi connectivity index (χ4n) is 11.6. The Morgan fingerprint density at radius 2 is 0.725 bits per heavy atom. The van der Waals surface area contributed by atoms with Crippen LogP contribution in [0.2, 0.25) is 45.2 Å². The molecular formula is C70H68Cl9N9O3. The maximum Gasteiger partial charge on any atom is 0.178 e. The first-order valence-corrected chi connectivity index (χ1v) is 32.6. The largest absolute Gasteiger partial charge is 0.387 e. The maximum atomic E-state index is 12.7. The highest BCUT2D eigenvalue weighted by molar-refractivity contribution is 6.38. The van der Waals surface area contributed by atoms with E-state index in [0.29, 0.717) is 76.9 Å². The Morgan fingerprint density at radius 3 is 1.04 bits per heavy atom. The molecule has 21 heteroatoms. The lowest BCUT2D eigenvalue weighted by atomic mass is 10.0. The third-order valence-electron chi connectivity index (χ3n) is 16.2. The van der Waals surface area contributed by atoms with Gasteiger partial charge < -0.3 is 24.9 Å². The van der Waals surface area contributed by atoms with Gasteiger partial charge >= 0.3 is 0 Å². The number of aliphatic hydroxyl groups excluding tert-OH is 2. The molecule has 2 unspecified atom stereocenters. The average molecular weight is 1400 g/mol. The molecule has 2 N–H and O–H groups in total. The van der Waals surface area contributed by atoms with Gasteiger partial charge in [0, 0.05) is 156 Å². The third kappa shape index (κ3) is 18.8. The predicted octanol–water partition coefficient (Wildman–Crippen LogP) is 17.7. The van der Waals surface area contributed by atoms with Gasteiger partial charge in [-0.25, -0.2) is 0 Å². The fraction of sp³-hybridized carbons (Fsp3) is 0.257. The van der Waals surface area contributed by atoms with E-state index in [-0.39, 0.29) is 31.3 Å². The van der Waals surface area contributed by atoms with E-state index < -0.39 is 12.2 Å². The summed E-state index contributed by atoms with van der Waals surface area (Å²) in [4.78, 5) is 38.6. The van der Waals surface area contributed by atoms with Crippen LogP contribution in [0.25, 0.3) is 0 Å². The Labute approximate surface area is 578 Å². The second-order valence-corrected chi connectivity index (χ2v) is 25.9. The van der Waals surface area contributed by atoms with Gasteiger partial charge in [-0.05, 0) is 132 Å². The second kappa shape index (κ2) is 33.4. The number of Topliss-reactive ketones (excluding diaryl/α,β-unsaturated/α-hetero) is 1. The lowest BCUT2D eigenvalue weighted by Crippen LogP contribution is -2.50. The van der Waals surface area contributed by atoms with Crippen molar-refractivity contribution in [2.24, 2.45) is 0 Å². The fourth-order valence-corrected chi connectivity index (χ4v) is 13.5. The van der Waals surface area contributed by atoms with Gasteiger partial charge in [0.15, 0.2) is 5.78 Å². The summed E-state index contributed by atoms with van der Waals surface area (Å²) < 4.78 is 0. The summed E-state index contributed by atoms with van der Waals surface area (Å²) >= 11 is 56.2. The number of pyridine rings is 3. The van der Waals surface area contributed by atoms with E-state index >= 15 is 0 Å². The minimum Gasteiger partial charge on any atom is -0.387 e. The molecule has 0 saturated carbocycles. The molecule has 3 fully saturated rings. The summed E-state index contributed by atoms with van der Waals surface area (Å²) in [6.07, 6.45) is 8.95. The van der Waals surface area contributed by atoms with Crippen molar-refractivity contribution in [1.29, 1.82) is 0 Å². The first kappa shape index (κ1) is 69.6. The first-order valence-electron chi connectivity index (χ1n) is 29.2. The summed E-state index contributed by atoms with van der Waals surface area (Å²) in [7, 11) is 0. The van der Waals surface area contributed by atoms with Crippen LogP contribution in [0.3, 0.4) is 0 Å². The number of hydrogen-bond donors (Lipinski definition) is 2. The topological polar surface area (TPSA) is 116 Å². The van der Waals surface area contributed by atoms with E-state index in [9.17, 15) is 15.0 Å². The molecule has 5 atom stereocenters. The van der Waals surface area contributed by atoms with Gasteiger partial charge in [0.05, 0.1) is 69.0 Å². The quantitative estimate of drug-likeness (QED) is 0.0952. The van der Waals surface area contributed by atoms with Crippen LogP contribution < -0.4 is 14.7 Å². The van der Waals surface area contributed by atoms with Crippen molar-refractivity contribution in [3.05, 3.63) is 280 Å². The second-order valence-electron chi connectivity index (χ2n) is 22.1. The minimum atomic E-state index is -0.588. The van der Waals surface area contributed by atoms with Gasteiger partial charge in [-0.1, -0.05) is 160 Å². The summed E-state index contributed by atoms with van der Waals surface area (Å²) in [5.74, 6) is 0.0657. The number of carbonyl (C=O) groups is 1. The SMILES string of the molecule is C.O=C(CN1CCN(c2ccc(Cl)cc2Cl)[C@H](c2ccc(Cl)cc2)C1)c1cccnc1.OC(CN1CCN(c2ccc(Cl)cc2Cl)[C@H](c2ccc(Cl)cc2)C1)c1cccnc1.OC(CN1CCN(c2ccc(Cl)cc2Cl)[C@H](c2ccc(Cl)cc2)C1)c1cccnc1. The number of carbonyl (C=O) groups excluding carboxylic acids is 1. The van der Waals surface area contributed by atoms with Crippen LogP contribution in [0.5, 0.6) is 0 Å². The number of benzene rings is 6. The average Bonchev–Trinajstić information content (AvgIpc) is 0.926. The van der Waals surface area contributed by atoms with Crippen LogP contribution in [-0.2, 0) is 0 Å². The molecule has 12 rings (SSSR count). The molecule has 474 valence electrons. The van der Waals surface area contributed by atoms with Gasteiger partial charge in [0.2, 0.25) is 0 Å². The molecule has 12 nitrogen and oxygen atoms in total. The van der Waals surface area contributed by atoms with Crippen LogP contribution >= 0.6 is 104 Å². The lowest BCUT2D eigenvalue weighted by Gasteiger charge is -2.44. The van der Waals surface area contributed by atoms with E-state index in [0.717, 1.165) is 97.2 Å². The molecule has 6 aromatic carbocycles. The molecule has 3 aliphatic heterocycles. The van der Waals surface area contributed by atoms with Crippen LogP contribution in [-0.4, -0.2) is 124 Å². The molecular weight excluding hydrogens is 1330 g/mol. The van der Waals surface area contributed by atoms with Crippen molar-refractivity contribution in [1.82, 2.24) is 29.7 Å². The number of anilines is 3. The molecule has 3 aliphatic rings. The molecule has 0 bridgehead atoms. The number of β-amino-alcohol motifs (C(OH)–C–C–N with tert-alkyl or cyclic N) is 2. The molecule has 3 saturated heterocycles. The van der Waals surface area contributed by atoms with E-state index in [1.165, 1.54) is 0 Å². The van der Waals surface area contributed by atoms with Gasteiger partial charge in [0.1, 0.15) is 0 Å². The summed E-state index contributed by atoms with van der Waals surface area (Å²) in [5.41, 5.74) is 8.51. The molecule has 6 heterocycles. The van der Waals surface area contributed by atoms with Crippen molar-refractivity contribution < 1.29 is 15.0 Å². The zero-order valence-corrected chi connectivity index (χ0v) is 55.5. The number of nitrogens with zero attached hydrogens (tertiary/aromatic N) is 9. The Bertz CT molecular complexity index is 3620. The Hall–Kier alpha value is -5.75. The van der Waals surface area contributed by atoms with Crippen LogP contribution in [0.15, 0.2) is 201 Å². The van der Waals surface area contributed by atoms with Gasteiger partial charge in [-0.2, -0.15) is 0 Å². The smallest absolute Gasteiger partial charge is 0.178 e. The minimum absolute atomic E-state index is 0. The van der Waals surface area contributed by atoms with Crippen LogP contribution in [0.1, 0.15) is 75.9 Å². The van der Waals surface area contributed by atoms with E-state index in [2.05, 4.69) is 44.4 Å². The van der Waals surface area contributed by atoms with Crippen molar-refractivity contribution in [3.8, 4) is 0 Å². The highest BCUT2D eigenvalue weighted by atomic mass is 35.5. The summed E-state index contributed by atoms with van der Waals surface area (Å²) in [6, 6.07) is 51.6. The standard InChI is InChI=1S/2C23H22Cl3N3O.C23H20Cl3N3O.CH4/c3*24-18-5-3-16(4-6-18)22-14-28(15-23(30)17-2-1-9-27-13-17)10-11-29(22)21-8-7-19(25)12-20(21)26;/h2*1-9,12-13,22-23,30H,10-11,14-15H2;1-9,12-13,22H,10-11,14-15H2;1H4/t2*22-,23?;22-;/m000./s1. The summed E-state index contributed by atoms with van der Waals surface area (Å²) in [5, 5.41) is 27.2.